The summed E-state index contributed by atoms with van der Waals surface area (Å²) in [5, 5.41) is 0. The topological polar surface area (TPSA) is 20.3 Å². The van der Waals surface area contributed by atoms with Crippen LogP contribution >= 0.6 is 0 Å². The molecule has 96 valence electrons. The van der Waals surface area contributed by atoms with E-state index in [1.165, 1.54) is 12.0 Å². The number of benzene rings is 1. The van der Waals surface area contributed by atoms with Crippen LogP contribution in [0.1, 0.15) is 30.9 Å². The molecule has 1 aliphatic heterocycles. The van der Waals surface area contributed by atoms with E-state index in [1.54, 1.807) is 6.08 Å². The monoisotopic (exact) mass is 243 g/mol. The molecule has 2 heteroatoms. The van der Waals surface area contributed by atoms with Crippen LogP contribution in [0.15, 0.2) is 30.3 Å². The number of likely N-dealkylation sites (tertiary alicyclic amines) is 1. The number of amides is 1. The number of hydrogen-bond acceptors (Lipinski definition) is 1. The predicted octanol–water partition coefficient (Wildman–Crippen LogP) is 3.27. The highest BCUT2D eigenvalue weighted by atomic mass is 16.2. The van der Waals surface area contributed by atoms with Crippen LogP contribution in [0.2, 0.25) is 0 Å². The quantitative estimate of drug-likeness (QED) is 0.730. The summed E-state index contributed by atoms with van der Waals surface area (Å²) in [6, 6.07) is 8.20. The fraction of sp³-hybridized carbons (Fsp3) is 0.438. The Morgan fingerprint density at radius 1 is 1.33 bits per heavy atom. The molecule has 1 unspecified atom stereocenters. The first kappa shape index (κ1) is 12.9. The number of piperidine rings is 1. The van der Waals surface area contributed by atoms with E-state index in [-0.39, 0.29) is 5.91 Å². The standard InChI is InChI=1S/C16H21NO/c1-13-5-7-15(8-6-13)9-10-16(18)17-11-3-4-14(2)12-17/h5-10,14H,3-4,11-12H2,1-2H3/b10-9+. The second kappa shape index (κ2) is 5.85. The molecule has 1 fully saturated rings. The Bertz CT molecular complexity index is 433. The van der Waals surface area contributed by atoms with E-state index in [9.17, 15) is 4.79 Å². The van der Waals surface area contributed by atoms with Crippen molar-refractivity contribution in [2.45, 2.75) is 26.7 Å². The first-order valence-electron chi connectivity index (χ1n) is 6.69. The molecule has 0 aliphatic carbocycles. The molecule has 0 aromatic heterocycles. The van der Waals surface area contributed by atoms with Crippen molar-refractivity contribution < 1.29 is 4.79 Å². The summed E-state index contributed by atoms with van der Waals surface area (Å²) < 4.78 is 0. The maximum absolute atomic E-state index is 12.0. The normalized spacial score (nSPS) is 20.3. The van der Waals surface area contributed by atoms with Gasteiger partial charge in [0, 0.05) is 19.2 Å². The van der Waals surface area contributed by atoms with Crippen LogP contribution in [0.25, 0.3) is 6.08 Å². The van der Waals surface area contributed by atoms with Crippen LogP contribution in [0.5, 0.6) is 0 Å². The minimum atomic E-state index is 0.141. The van der Waals surface area contributed by atoms with E-state index in [2.05, 4.69) is 26.0 Å². The summed E-state index contributed by atoms with van der Waals surface area (Å²) in [4.78, 5) is 14.0. The predicted molar refractivity (Wildman–Crippen MR) is 75.2 cm³/mol. The third-order valence-corrected chi connectivity index (χ3v) is 3.46. The summed E-state index contributed by atoms with van der Waals surface area (Å²) in [5.74, 6) is 0.776. The average molecular weight is 243 g/mol. The molecule has 1 saturated heterocycles. The maximum atomic E-state index is 12.0. The van der Waals surface area contributed by atoms with Crippen molar-refractivity contribution in [3.05, 3.63) is 41.5 Å². The van der Waals surface area contributed by atoms with E-state index in [1.807, 2.05) is 23.1 Å². The maximum Gasteiger partial charge on any atom is 0.246 e. The Balaban J connectivity index is 1.96. The van der Waals surface area contributed by atoms with Gasteiger partial charge in [-0.15, -0.1) is 0 Å². The fourth-order valence-corrected chi connectivity index (χ4v) is 2.34. The van der Waals surface area contributed by atoms with Gasteiger partial charge in [0.1, 0.15) is 0 Å². The molecule has 2 nitrogen and oxygen atoms in total. The van der Waals surface area contributed by atoms with Gasteiger partial charge in [-0.3, -0.25) is 4.79 Å². The zero-order valence-electron chi connectivity index (χ0n) is 11.2. The summed E-state index contributed by atoms with van der Waals surface area (Å²) >= 11 is 0. The number of carbonyl (C=O) groups excluding carboxylic acids is 1. The van der Waals surface area contributed by atoms with Gasteiger partial charge >= 0.3 is 0 Å². The summed E-state index contributed by atoms with van der Waals surface area (Å²) in [6.45, 7) is 6.08. The lowest BCUT2D eigenvalue weighted by molar-refractivity contribution is -0.127. The second-order valence-corrected chi connectivity index (χ2v) is 5.28. The molecular formula is C16H21NO. The van der Waals surface area contributed by atoms with Gasteiger partial charge in [0.05, 0.1) is 0 Å². The molecular weight excluding hydrogens is 222 g/mol. The van der Waals surface area contributed by atoms with Gasteiger partial charge in [-0.25, -0.2) is 0 Å². The van der Waals surface area contributed by atoms with Gasteiger partial charge in [0.25, 0.3) is 0 Å². The van der Waals surface area contributed by atoms with Crippen molar-refractivity contribution in [3.8, 4) is 0 Å². The smallest absolute Gasteiger partial charge is 0.246 e. The van der Waals surface area contributed by atoms with Crippen molar-refractivity contribution >= 4 is 12.0 Å². The van der Waals surface area contributed by atoms with Gasteiger partial charge in [0.15, 0.2) is 0 Å². The lowest BCUT2D eigenvalue weighted by Gasteiger charge is -2.30. The molecule has 2 rings (SSSR count). The van der Waals surface area contributed by atoms with E-state index >= 15 is 0 Å². The van der Waals surface area contributed by atoms with E-state index in [4.69, 9.17) is 0 Å². The Kier molecular flexibility index (Phi) is 4.19. The Morgan fingerprint density at radius 2 is 2.06 bits per heavy atom. The van der Waals surface area contributed by atoms with E-state index < -0.39 is 0 Å². The zero-order valence-corrected chi connectivity index (χ0v) is 11.2. The fourth-order valence-electron chi connectivity index (χ4n) is 2.34. The number of nitrogens with zero attached hydrogens (tertiary/aromatic N) is 1. The lowest BCUT2D eigenvalue weighted by Crippen LogP contribution is -2.38. The number of rotatable bonds is 2. The lowest BCUT2D eigenvalue weighted by atomic mass is 10.0. The number of aryl methyl sites for hydroxylation is 1. The number of carbonyl (C=O) groups is 1. The molecule has 0 radical (unpaired) electrons. The highest BCUT2D eigenvalue weighted by molar-refractivity contribution is 5.91. The average Bonchev–Trinajstić information content (AvgIpc) is 2.38. The van der Waals surface area contributed by atoms with Crippen molar-refractivity contribution in [3.63, 3.8) is 0 Å². The van der Waals surface area contributed by atoms with Gasteiger partial charge in [-0.2, -0.15) is 0 Å². The van der Waals surface area contributed by atoms with E-state index in [0.29, 0.717) is 5.92 Å². The molecule has 1 aromatic carbocycles. The van der Waals surface area contributed by atoms with Gasteiger partial charge in [-0.05, 0) is 37.3 Å². The van der Waals surface area contributed by atoms with Crippen LogP contribution in [-0.2, 0) is 4.79 Å². The second-order valence-electron chi connectivity index (χ2n) is 5.28. The van der Waals surface area contributed by atoms with Crippen molar-refractivity contribution in [2.24, 2.45) is 5.92 Å². The molecule has 0 N–H and O–H groups in total. The van der Waals surface area contributed by atoms with Crippen LogP contribution in [0.4, 0.5) is 0 Å². The minimum absolute atomic E-state index is 0.141. The highest BCUT2D eigenvalue weighted by Gasteiger charge is 2.18. The highest BCUT2D eigenvalue weighted by Crippen LogP contribution is 2.16. The number of hydrogen-bond donors (Lipinski definition) is 0. The first-order valence-corrected chi connectivity index (χ1v) is 6.69. The molecule has 0 spiro atoms. The van der Waals surface area contributed by atoms with Crippen molar-refractivity contribution in [1.29, 1.82) is 0 Å². The minimum Gasteiger partial charge on any atom is -0.339 e. The van der Waals surface area contributed by atoms with Gasteiger partial charge in [0.2, 0.25) is 5.91 Å². The van der Waals surface area contributed by atoms with Crippen LogP contribution in [0.3, 0.4) is 0 Å². The zero-order chi connectivity index (χ0) is 13.0. The van der Waals surface area contributed by atoms with Gasteiger partial charge in [-0.1, -0.05) is 36.8 Å². The summed E-state index contributed by atoms with van der Waals surface area (Å²) in [6.07, 6.45) is 5.97. The third-order valence-electron chi connectivity index (χ3n) is 3.46. The largest absolute Gasteiger partial charge is 0.339 e. The summed E-state index contributed by atoms with van der Waals surface area (Å²) in [7, 11) is 0. The Labute approximate surface area is 109 Å². The first-order chi connectivity index (χ1) is 8.65. The van der Waals surface area contributed by atoms with Gasteiger partial charge < -0.3 is 4.90 Å². The molecule has 1 amide bonds. The van der Waals surface area contributed by atoms with Crippen LogP contribution in [-0.4, -0.2) is 23.9 Å². The Morgan fingerprint density at radius 3 is 2.72 bits per heavy atom. The molecule has 0 bridgehead atoms. The van der Waals surface area contributed by atoms with Crippen LogP contribution in [0, 0.1) is 12.8 Å². The SMILES string of the molecule is Cc1ccc(/C=C/C(=O)N2CCCC(C)C2)cc1. The molecule has 1 atom stereocenters. The summed E-state index contributed by atoms with van der Waals surface area (Å²) in [5.41, 5.74) is 2.32. The van der Waals surface area contributed by atoms with Crippen molar-refractivity contribution in [2.75, 3.05) is 13.1 Å². The van der Waals surface area contributed by atoms with Crippen molar-refractivity contribution in [1.82, 2.24) is 4.90 Å². The van der Waals surface area contributed by atoms with E-state index in [0.717, 1.165) is 25.1 Å². The Hall–Kier alpha value is -1.57. The third kappa shape index (κ3) is 3.46. The molecule has 1 heterocycles. The molecule has 18 heavy (non-hydrogen) atoms. The molecule has 0 saturated carbocycles. The van der Waals surface area contributed by atoms with Crippen LogP contribution < -0.4 is 0 Å². The molecule has 1 aromatic rings. The molecule has 1 aliphatic rings.